The molecule has 0 saturated carbocycles. The van der Waals surface area contributed by atoms with Crippen LogP contribution in [0.4, 0.5) is 0 Å². The average molecular weight is 283 g/mol. The van der Waals surface area contributed by atoms with Crippen LogP contribution < -0.4 is 4.74 Å². The van der Waals surface area contributed by atoms with E-state index in [1.54, 1.807) is 6.07 Å². The third-order valence-electron chi connectivity index (χ3n) is 2.29. The number of ether oxygens (including phenoxy) is 1. The van der Waals surface area contributed by atoms with Crippen molar-refractivity contribution in [2.24, 2.45) is 0 Å². The Morgan fingerprint density at radius 1 is 1.11 bits per heavy atom. The van der Waals surface area contributed by atoms with E-state index in [1.165, 1.54) is 0 Å². The molecule has 1 aromatic carbocycles. The summed E-state index contributed by atoms with van der Waals surface area (Å²) in [4.78, 5) is 7.94. The number of hydrogen-bond acceptors (Lipinski definition) is 3. The van der Waals surface area contributed by atoms with Crippen molar-refractivity contribution in [3.8, 4) is 17.0 Å². The fraction of sp³-hybridized carbons (Fsp3) is 0.231. The molecule has 94 valence electrons. The number of rotatable bonds is 4. The van der Waals surface area contributed by atoms with E-state index in [1.807, 2.05) is 24.3 Å². The number of nitrogens with zero attached hydrogens (tertiary/aromatic N) is 2. The van der Waals surface area contributed by atoms with Crippen LogP contribution in [0.5, 0.6) is 5.75 Å². The number of benzene rings is 1. The van der Waals surface area contributed by atoms with Crippen LogP contribution in [0.15, 0.2) is 30.3 Å². The Hall–Kier alpha value is -1.32. The van der Waals surface area contributed by atoms with Gasteiger partial charge in [0.1, 0.15) is 10.9 Å². The molecule has 1 heterocycles. The summed E-state index contributed by atoms with van der Waals surface area (Å²) in [6, 6.07) is 9.30. The molecule has 2 rings (SSSR count). The molecule has 0 amide bonds. The molecule has 0 fully saturated rings. The number of halogens is 2. The Morgan fingerprint density at radius 2 is 1.83 bits per heavy atom. The highest BCUT2D eigenvalue weighted by Gasteiger charge is 2.04. The van der Waals surface area contributed by atoms with Crippen LogP contribution in [0.1, 0.15) is 13.3 Å². The molecule has 0 radical (unpaired) electrons. The second kappa shape index (κ2) is 6.03. The topological polar surface area (TPSA) is 35.0 Å². The second-order valence-corrected chi connectivity index (χ2v) is 4.44. The maximum absolute atomic E-state index is 5.84. The average Bonchev–Trinajstić information content (AvgIpc) is 2.36. The van der Waals surface area contributed by atoms with Crippen molar-refractivity contribution < 1.29 is 4.74 Å². The van der Waals surface area contributed by atoms with E-state index in [9.17, 15) is 0 Å². The van der Waals surface area contributed by atoms with E-state index in [0.717, 1.165) is 17.7 Å². The van der Waals surface area contributed by atoms with Gasteiger partial charge in [-0.05, 0) is 42.3 Å². The van der Waals surface area contributed by atoms with Crippen molar-refractivity contribution in [3.63, 3.8) is 0 Å². The normalized spacial score (nSPS) is 10.4. The molecule has 0 bridgehead atoms. The van der Waals surface area contributed by atoms with Crippen molar-refractivity contribution in [1.29, 1.82) is 0 Å². The van der Waals surface area contributed by atoms with Gasteiger partial charge in [-0.2, -0.15) is 0 Å². The summed E-state index contributed by atoms with van der Waals surface area (Å²) in [6.07, 6.45) is 0.985. The van der Waals surface area contributed by atoms with E-state index in [0.29, 0.717) is 17.5 Å². The first-order chi connectivity index (χ1) is 8.69. The summed E-state index contributed by atoms with van der Waals surface area (Å²) in [6.45, 7) is 2.78. The molecule has 2 aromatic rings. The summed E-state index contributed by atoms with van der Waals surface area (Å²) in [7, 11) is 0. The Labute approximate surface area is 116 Å². The third kappa shape index (κ3) is 3.34. The Bertz CT molecular complexity index is 509. The molecule has 0 aliphatic heterocycles. The van der Waals surface area contributed by atoms with Gasteiger partial charge in [-0.1, -0.05) is 18.5 Å². The highest BCUT2D eigenvalue weighted by Crippen LogP contribution is 2.23. The van der Waals surface area contributed by atoms with Gasteiger partial charge in [0.15, 0.2) is 0 Å². The lowest BCUT2D eigenvalue weighted by Gasteiger charge is -2.06. The van der Waals surface area contributed by atoms with Crippen molar-refractivity contribution in [2.45, 2.75) is 13.3 Å². The molecule has 3 nitrogen and oxygen atoms in total. The van der Waals surface area contributed by atoms with Crippen LogP contribution in [0.25, 0.3) is 11.3 Å². The van der Waals surface area contributed by atoms with Crippen LogP contribution >= 0.6 is 23.2 Å². The second-order valence-electron chi connectivity index (χ2n) is 3.72. The molecule has 5 heteroatoms. The van der Waals surface area contributed by atoms with E-state index >= 15 is 0 Å². The summed E-state index contributed by atoms with van der Waals surface area (Å²) in [5.41, 5.74) is 1.62. The summed E-state index contributed by atoms with van der Waals surface area (Å²) < 4.78 is 5.51. The molecule has 0 saturated heterocycles. The van der Waals surface area contributed by atoms with Crippen LogP contribution in [0.2, 0.25) is 10.4 Å². The minimum atomic E-state index is 0.142. The summed E-state index contributed by atoms with van der Waals surface area (Å²) in [5.74, 6) is 0.840. The lowest BCUT2D eigenvalue weighted by molar-refractivity contribution is 0.317. The van der Waals surface area contributed by atoms with Gasteiger partial charge in [0.25, 0.3) is 0 Å². The number of hydrogen-bond donors (Lipinski definition) is 0. The molecular weight excluding hydrogens is 271 g/mol. The zero-order valence-electron chi connectivity index (χ0n) is 9.86. The first-order valence-corrected chi connectivity index (χ1v) is 6.38. The Kier molecular flexibility index (Phi) is 4.39. The molecule has 0 aliphatic carbocycles. The van der Waals surface area contributed by atoms with E-state index in [4.69, 9.17) is 27.9 Å². The van der Waals surface area contributed by atoms with Crippen molar-refractivity contribution in [2.75, 3.05) is 6.61 Å². The molecule has 1 aromatic heterocycles. The quantitative estimate of drug-likeness (QED) is 0.622. The predicted molar refractivity (Wildman–Crippen MR) is 73.3 cm³/mol. The molecule has 0 N–H and O–H groups in total. The molecule has 18 heavy (non-hydrogen) atoms. The van der Waals surface area contributed by atoms with Crippen LogP contribution in [0.3, 0.4) is 0 Å². The summed E-state index contributed by atoms with van der Waals surface area (Å²) in [5, 5.41) is 0.472. The first-order valence-electron chi connectivity index (χ1n) is 5.62. The van der Waals surface area contributed by atoms with E-state index in [-0.39, 0.29) is 5.28 Å². The van der Waals surface area contributed by atoms with Gasteiger partial charge >= 0.3 is 0 Å². The van der Waals surface area contributed by atoms with Crippen molar-refractivity contribution in [3.05, 3.63) is 40.8 Å². The third-order valence-corrected chi connectivity index (χ3v) is 2.65. The maximum Gasteiger partial charge on any atom is 0.224 e. The lowest BCUT2D eigenvalue weighted by atomic mass is 10.1. The van der Waals surface area contributed by atoms with Gasteiger partial charge < -0.3 is 4.74 Å². The Morgan fingerprint density at radius 3 is 2.44 bits per heavy atom. The van der Waals surface area contributed by atoms with Crippen molar-refractivity contribution in [1.82, 2.24) is 9.97 Å². The minimum absolute atomic E-state index is 0.142. The molecule has 0 spiro atoms. The van der Waals surface area contributed by atoms with Gasteiger partial charge in [-0.25, -0.2) is 9.97 Å². The van der Waals surface area contributed by atoms with Gasteiger partial charge in [-0.3, -0.25) is 0 Å². The Balaban J connectivity index is 2.23. The van der Waals surface area contributed by atoms with E-state index < -0.39 is 0 Å². The molecule has 0 unspecified atom stereocenters. The monoisotopic (exact) mass is 282 g/mol. The largest absolute Gasteiger partial charge is 0.494 e. The maximum atomic E-state index is 5.84. The molecular formula is C13H12Cl2N2O. The zero-order chi connectivity index (χ0) is 13.0. The predicted octanol–water partition coefficient (Wildman–Crippen LogP) is 4.24. The van der Waals surface area contributed by atoms with Crippen LogP contribution in [0, 0.1) is 0 Å². The van der Waals surface area contributed by atoms with Crippen molar-refractivity contribution >= 4 is 23.2 Å². The van der Waals surface area contributed by atoms with E-state index in [2.05, 4.69) is 16.9 Å². The highest BCUT2D eigenvalue weighted by atomic mass is 35.5. The summed E-state index contributed by atoms with van der Waals surface area (Å²) >= 11 is 11.6. The molecule has 0 atom stereocenters. The SMILES string of the molecule is CCCOc1ccc(-c2cc(Cl)nc(Cl)n2)cc1. The fourth-order valence-electron chi connectivity index (χ4n) is 1.48. The fourth-order valence-corrected chi connectivity index (χ4v) is 1.89. The standard InChI is InChI=1S/C13H12Cl2N2O/c1-2-7-18-10-5-3-9(4-6-10)11-8-12(14)17-13(15)16-11/h3-6,8H,2,7H2,1H3. The highest BCUT2D eigenvalue weighted by molar-refractivity contribution is 6.32. The minimum Gasteiger partial charge on any atom is -0.494 e. The van der Waals surface area contributed by atoms with Gasteiger partial charge in [0.05, 0.1) is 12.3 Å². The van der Waals surface area contributed by atoms with Gasteiger partial charge in [0.2, 0.25) is 5.28 Å². The first kappa shape index (κ1) is 13.1. The van der Waals surface area contributed by atoms with Gasteiger partial charge in [0, 0.05) is 11.6 Å². The van der Waals surface area contributed by atoms with Gasteiger partial charge in [-0.15, -0.1) is 0 Å². The molecule has 0 aliphatic rings. The number of aromatic nitrogens is 2. The lowest BCUT2D eigenvalue weighted by Crippen LogP contribution is -1.94. The smallest absolute Gasteiger partial charge is 0.224 e. The van der Waals surface area contributed by atoms with Crippen LogP contribution in [-0.2, 0) is 0 Å². The van der Waals surface area contributed by atoms with Crippen LogP contribution in [-0.4, -0.2) is 16.6 Å². The zero-order valence-corrected chi connectivity index (χ0v) is 11.4.